The van der Waals surface area contributed by atoms with Crippen molar-refractivity contribution in [2.45, 2.75) is 19.7 Å². The van der Waals surface area contributed by atoms with Gasteiger partial charge in [0.1, 0.15) is 5.75 Å². The van der Waals surface area contributed by atoms with Gasteiger partial charge in [-0.2, -0.15) is 13.9 Å². The minimum Gasteiger partial charge on any atom is -0.454 e. The molecule has 4 rings (SSSR count). The zero-order valence-corrected chi connectivity index (χ0v) is 19.3. The summed E-state index contributed by atoms with van der Waals surface area (Å²) in [6.45, 7) is -2.26. The fraction of sp³-hybridized carbons (Fsp3) is 0.250. The first-order chi connectivity index (χ1) is 15.1. The molecule has 9 nitrogen and oxygen atoms in total. The fourth-order valence-electron chi connectivity index (χ4n) is 2.99. The Kier molecular flexibility index (Phi) is 8.03. The van der Waals surface area contributed by atoms with E-state index in [9.17, 15) is 8.78 Å². The molecular weight excluding hydrogens is 537 g/mol. The third kappa shape index (κ3) is 5.75. The zero-order valence-electron chi connectivity index (χ0n) is 17.0. The van der Waals surface area contributed by atoms with Gasteiger partial charge in [-0.05, 0) is 29.8 Å². The van der Waals surface area contributed by atoms with Gasteiger partial charge in [0, 0.05) is 50.4 Å². The highest BCUT2D eigenvalue weighted by atomic mass is 127. The van der Waals surface area contributed by atoms with Crippen molar-refractivity contribution in [2.75, 3.05) is 13.8 Å². The highest BCUT2D eigenvalue weighted by molar-refractivity contribution is 14.0. The van der Waals surface area contributed by atoms with Crippen LogP contribution in [0.5, 0.6) is 17.2 Å². The van der Waals surface area contributed by atoms with Crippen molar-refractivity contribution in [1.82, 2.24) is 25.4 Å². The highest BCUT2D eigenvalue weighted by Gasteiger charge is 2.20. The number of nitrogens with zero attached hydrogens (tertiary/aromatic N) is 4. The van der Waals surface area contributed by atoms with E-state index in [0.717, 1.165) is 5.56 Å². The van der Waals surface area contributed by atoms with Crippen LogP contribution in [0.1, 0.15) is 11.1 Å². The zero-order chi connectivity index (χ0) is 21.6. The van der Waals surface area contributed by atoms with Crippen molar-refractivity contribution in [3.05, 3.63) is 60.0 Å². The number of aliphatic imine (C=N–C) groups is 1. The van der Waals surface area contributed by atoms with Gasteiger partial charge in [0.25, 0.3) is 0 Å². The molecule has 0 fully saturated rings. The number of fused-ring (bicyclic) bond motifs is 1. The van der Waals surface area contributed by atoms with Gasteiger partial charge in [-0.15, -0.1) is 24.0 Å². The first-order valence-electron chi connectivity index (χ1n) is 9.39. The summed E-state index contributed by atoms with van der Waals surface area (Å²) in [5.74, 6) is 2.04. The SMILES string of the molecule is CN=C(NCc1ccnc(-n2cccn2)c1)NCc1cc2c(cc1OC(F)F)OCO2.I. The van der Waals surface area contributed by atoms with Crippen LogP contribution in [0.2, 0.25) is 0 Å². The average molecular weight is 558 g/mol. The van der Waals surface area contributed by atoms with Crippen LogP contribution < -0.4 is 24.8 Å². The number of guanidine groups is 1. The Labute approximate surface area is 199 Å². The van der Waals surface area contributed by atoms with Gasteiger partial charge in [-0.1, -0.05) is 0 Å². The number of pyridine rings is 1. The molecule has 0 amide bonds. The summed E-state index contributed by atoms with van der Waals surface area (Å²) in [5.41, 5.74) is 1.45. The maximum atomic E-state index is 12.8. The number of halogens is 3. The van der Waals surface area contributed by atoms with E-state index in [-0.39, 0.29) is 43.1 Å². The molecule has 2 N–H and O–H groups in total. The van der Waals surface area contributed by atoms with E-state index in [0.29, 0.717) is 35.4 Å². The maximum absolute atomic E-state index is 12.8. The Morgan fingerprint density at radius 2 is 1.97 bits per heavy atom. The lowest BCUT2D eigenvalue weighted by Gasteiger charge is -2.15. The molecule has 2 aromatic heterocycles. The minimum atomic E-state index is -2.95. The monoisotopic (exact) mass is 558 g/mol. The molecule has 170 valence electrons. The predicted molar refractivity (Wildman–Crippen MR) is 123 cm³/mol. The fourth-order valence-corrected chi connectivity index (χ4v) is 2.99. The molecular formula is C20H21F2IN6O3. The second-order valence-corrected chi connectivity index (χ2v) is 6.44. The molecule has 0 atom stereocenters. The van der Waals surface area contributed by atoms with Gasteiger partial charge in [0.05, 0.1) is 0 Å². The topological polar surface area (TPSA) is 94.8 Å². The van der Waals surface area contributed by atoms with Gasteiger partial charge in [0.15, 0.2) is 23.3 Å². The summed E-state index contributed by atoms with van der Waals surface area (Å²) < 4.78 is 42.5. The molecule has 1 aliphatic heterocycles. The molecule has 0 aliphatic carbocycles. The molecule has 0 spiro atoms. The van der Waals surface area contributed by atoms with Gasteiger partial charge in [0.2, 0.25) is 6.79 Å². The molecule has 3 aromatic rings. The Morgan fingerprint density at radius 1 is 1.19 bits per heavy atom. The van der Waals surface area contributed by atoms with Crippen LogP contribution in [0.15, 0.2) is 53.9 Å². The van der Waals surface area contributed by atoms with E-state index >= 15 is 0 Å². The maximum Gasteiger partial charge on any atom is 0.387 e. The van der Waals surface area contributed by atoms with E-state index in [1.807, 2.05) is 24.4 Å². The van der Waals surface area contributed by atoms with Crippen LogP contribution in [-0.2, 0) is 13.1 Å². The van der Waals surface area contributed by atoms with Gasteiger partial charge < -0.3 is 24.8 Å². The largest absolute Gasteiger partial charge is 0.454 e. The smallest absolute Gasteiger partial charge is 0.387 e. The molecule has 0 radical (unpaired) electrons. The van der Waals surface area contributed by atoms with E-state index in [2.05, 4.69) is 30.4 Å². The summed E-state index contributed by atoms with van der Waals surface area (Å²) in [5, 5.41) is 10.4. The van der Waals surface area contributed by atoms with Crippen LogP contribution in [0.25, 0.3) is 5.82 Å². The molecule has 1 aliphatic rings. The number of aromatic nitrogens is 3. The van der Waals surface area contributed by atoms with Crippen molar-refractivity contribution in [3.8, 4) is 23.1 Å². The molecule has 32 heavy (non-hydrogen) atoms. The number of hydrogen-bond acceptors (Lipinski definition) is 6. The summed E-state index contributed by atoms with van der Waals surface area (Å²) >= 11 is 0. The Bertz CT molecular complexity index is 1070. The number of ether oxygens (including phenoxy) is 3. The van der Waals surface area contributed by atoms with Crippen molar-refractivity contribution in [3.63, 3.8) is 0 Å². The third-order valence-electron chi connectivity index (χ3n) is 4.45. The molecule has 0 saturated carbocycles. The van der Waals surface area contributed by atoms with Gasteiger partial charge in [-0.25, -0.2) is 9.67 Å². The number of benzene rings is 1. The molecule has 12 heteroatoms. The van der Waals surface area contributed by atoms with Crippen molar-refractivity contribution < 1.29 is 23.0 Å². The quantitative estimate of drug-likeness (QED) is 0.262. The summed E-state index contributed by atoms with van der Waals surface area (Å²) in [7, 11) is 1.62. The highest BCUT2D eigenvalue weighted by Crippen LogP contribution is 2.38. The molecule has 3 heterocycles. The van der Waals surface area contributed by atoms with Crippen LogP contribution in [-0.4, -0.2) is 41.2 Å². The van der Waals surface area contributed by atoms with E-state index in [4.69, 9.17) is 9.47 Å². The van der Waals surface area contributed by atoms with Crippen molar-refractivity contribution in [2.24, 2.45) is 4.99 Å². The Balaban J connectivity index is 0.00000289. The standard InChI is InChI=1S/C20H20F2N6O3.HI/c1-23-20(25-10-13-3-5-24-18(7-13)28-6-2-4-27-28)26-11-14-8-16-17(30-12-29-16)9-15(14)31-19(21)22;/h2-9,19H,10-12H2,1H3,(H2,23,25,26);1H. The lowest BCUT2D eigenvalue weighted by Crippen LogP contribution is -2.36. The molecule has 0 saturated heterocycles. The predicted octanol–water partition coefficient (Wildman–Crippen LogP) is 3.08. The van der Waals surface area contributed by atoms with Gasteiger partial charge >= 0.3 is 6.61 Å². The second-order valence-electron chi connectivity index (χ2n) is 6.44. The summed E-state index contributed by atoms with van der Waals surface area (Å²) in [4.78, 5) is 8.47. The number of alkyl halides is 2. The van der Waals surface area contributed by atoms with E-state index in [1.54, 1.807) is 30.2 Å². The minimum absolute atomic E-state index is 0. The third-order valence-corrected chi connectivity index (χ3v) is 4.45. The Morgan fingerprint density at radius 3 is 2.69 bits per heavy atom. The number of rotatable bonds is 7. The van der Waals surface area contributed by atoms with E-state index < -0.39 is 6.61 Å². The Hall–Kier alpha value is -3.16. The number of nitrogens with one attached hydrogen (secondary N) is 2. The number of hydrogen-bond donors (Lipinski definition) is 2. The van der Waals surface area contributed by atoms with Crippen LogP contribution in [0.3, 0.4) is 0 Å². The van der Waals surface area contributed by atoms with E-state index in [1.165, 1.54) is 6.07 Å². The summed E-state index contributed by atoms with van der Waals surface area (Å²) in [6, 6.07) is 8.61. The second kappa shape index (κ2) is 10.9. The van der Waals surface area contributed by atoms with Crippen molar-refractivity contribution in [1.29, 1.82) is 0 Å². The normalized spacial score (nSPS) is 12.4. The van der Waals surface area contributed by atoms with Crippen molar-refractivity contribution >= 4 is 29.9 Å². The first kappa shape index (κ1) is 23.5. The van der Waals surface area contributed by atoms with Crippen LogP contribution in [0, 0.1) is 0 Å². The van der Waals surface area contributed by atoms with Gasteiger partial charge in [-0.3, -0.25) is 4.99 Å². The average Bonchev–Trinajstić information content (AvgIpc) is 3.45. The summed E-state index contributed by atoms with van der Waals surface area (Å²) in [6.07, 6.45) is 5.19. The van der Waals surface area contributed by atoms with Crippen LogP contribution in [0.4, 0.5) is 8.78 Å². The molecule has 0 unspecified atom stereocenters. The first-order valence-corrected chi connectivity index (χ1v) is 9.39. The lowest BCUT2D eigenvalue weighted by atomic mass is 10.1. The van der Waals surface area contributed by atoms with Crippen LogP contribution >= 0.6 is 24.0 Å². The molecule has 0 bridgehead atoms. The molecule has 1 aromatic carbocycles. The lowest BCUT2D eigenvalue weighted by molar-refractivity contribution is -0.0505.